The molecule has 1 aliphatic heterocycles. The fourth-order valence-electron chi connectivity index (χ4n) is 2.83. The van der Waals surface area contributed by atoms with Crippen LogP contribution in [-0.4, -0.2) is 11.8 Å². The van der Waals surface area contributed by atoms with Crippen LogP contribution in [0.5, 0.6) is 0 Å². The van der Waals surface area contributed by atoms with Gasteiger partial charge in [0.05, 0.1) is 23.1 Å². The third-order valence-corrected chi connectivity index (χ3v) is 3.88. The first kappa shape index (κ1) is 12.6. The van der Waals surface area contributed by atoms with Crippen molar-refractivity contribution in [2.75, 3.05) is 4.90 Å². The average Bonchev–Trinajstić information content (AvgIpc) is 3.12. The van der Waals surface area contributed by atoms with Crippen LogP contribution in [-0.2, 0) is 0 Å². The highest BCUT2D eigenvalue weighted by atomic mass is 16.3. The van der Waals surface area contributed by atoms with Crippen molar-refractivity contribution in [3.05, 3.63) is 72.0 Å². The number of anilines is 1. The summed E-state index contributed by atoms with van der Waals surface area (Å²) in [7, 11) is 0. The molecular formula is C18H11NO3. The first-order valence-electron chi connectivity index (χ1n) is 6.83. The van der Waals surface area contributed by atoms with Crippen molar-refractivity contribution < 1.29 is 14.0 Å². The molecular weight excluding hydrogens is 278 g/mol. The topological polar surface area (TPSA) is 50.5 Å². The van der Waals surface area contributed by atoms with Gasteiger partial charge in [-0.05, 0) is 30.3 Å². The summed E-state index contributed by atoms with van der Waals surface area (Å²) >= 11 is 0. The molecule has 4 heteroatoms. The molecule has 0 saturated heterocycles. The van der Waals surface area contributed by atoms with E-state index in [0.29, 0.717) is 27.8 Å². The van der Waals surface area contributed by atoms with Gasteiger partial charge >= 0.3 is 0 Å². The lowest BCUT2D eigenvalue weighted by Gasteiger charge is -2.15. The minimum Gasteiger partial charge on any atom is -0.464 e. The normalized spacial score (nSPS) is 13.7. The summed E-state index contributed by atoms with van der Waals surface area (Å²) in [6.45, 7) is 3.74. The van der Waals surface area contributed by atoms with Crippen molar-refractivity contribution in [1.82, 2.24) is 0 Å². The lowest BCUT2D eigenvalue weighted by Crippen LogP contribution is -2.29. The second kappa shape index (κ2) is 4.43. The van der Waals surface area contributed by atoms with Gasteiger partial charge in [-0.2, -0.15) is 0 Å². The summed E-state index contributed by atoms with van der Waals surface area (Å²) in [4.78, 5) is 26.4. The van der Waals surface area contributed by atoms with Gasteiger partial charge in [0.25, 0.3) is 11.8 Å². The number of rotatable bonds is 2. The van der Waals surface area contributed by atoms with E-state index >= 15 is 0 Å². The van der Waals surface area contributed by atoms with Gasteiger partial charge in [0, 0.05) is 10.9 Å². The summed E-state index contributed by atoms with van der Waals surface area (Å²) in [5.74, 6) is -0.621. The van der Waals surface area contributed by atoms with Crippen LogP contribution in [0, 0.1) is 0 Å². The molecule has 0 spiro atoms. The first-order chi connectivity index (χ1) is 10.7. The zero-order chi connectivity index (χ0) is 15.3. The standard InChI is InChI=1S/C18H11NO3/c1-2-11-7-8-15(14-9-10-22-16(11)14)19-17(20)12-5-3-4-6-13(12)18(19)21/h2-10H,1H2. The molecule has 0 radical (unpaired) electrons. The minimum atomic E-state index is -0.311. The van der Waals surface area contributed by atoms with E-state index < -0.39 is 0 Å². The Bertz CT molecular complexity index is 917. The van der Waals surface area contributed by atoms with E-state index in [1.54, 1.807) is 54.8 Å². The quantitative estimate of drug-likeness (QED) is 0.673. The Balaban J connectivity index is 1.95. The Hall–Kier alpha value is -3.14. The highest BCUT2D eigenvalue weighted by molar-refractivity contribution is 6.36. The summed E-state index contributed by atoms with van der Waals surface area (Å²) in [6, 6.07) is 12.1. The summed E-state index contributed by atoms with van der Waals surface area (Å²) < 4.78 is 5.47. The molecule has 106 valence electrons. The van der Waals surface area contributed by atoms with E-state index in [4.69, 9.17) is 4.42 Å². The molecule has 2 heterocycles. The second-order valence-electron chi connectivity index (χ2n) is 5.03. The lowest BCUT2D eigenvalue weighted by atomic mass is 10.1. The number of amides is 2. The van der Waals surface area contributed by atoms with Gasteiger partial charge in [0.1, 0.15) is 5.58 Å². The molecule has 0 atom stereocenters. The Morgan fingerprint density at radius 2 is 1.64 bits per heavy atom. The van der Waals surface area contributed by atoms with Gasteiger partial charge in [0.15, 0.2) is 0 Å². The third kappa shape index (κ3) is 1.52. The van der Waals surface area contributed by atoms with E-state index in [1.165, 1.54) is 4.90 Å². The van der Waals surface area contributed by atoms with Crippen molar-refractivity contribution in [3.63, 3.8) is 0 Å². The minimum absolute atomic E-state index is 0.311. The smallest absolute Gasteiger partial charge is 0.266 e. The van der Waals surface area contributed by atoms with Crippen molar-refractivity contribution in [3.8, 4) is 0 Å². The first-order valence-corrected chi connectivity index (χ1v) is 6.83. The third-order valence-electron chi connectivity index (χ3n) is 3.88. The largest absolute Gasteiger partial charge is 0.464 e. The molecule has 1 aromatic heterocycles. The van der Waals surface area contributed by atoms with Crippen molar-refractivity contribution in [2.24, 2.45) is 0 Å². The molecule has 0 N–H and O–H groups in total. The highest BCUT2D eigenvalue weighted by Gasteiger charge is 2.37. The SMILES string of the molecule is C=Cc1ccc(N2C(=O)c3ccccc3C2=O)c2ccoc12. The maximum absolute atomic E-state index is 12.6. The van der Waals surface area contributed by atoms with Crippen LogP contribution in [0.4, 0.5) is 5.69 Å². The molecule has 0 unspecified atom stereocenters. The number of hydrogen-bond donors (Lipinski definition) is 0. The summed E-state index contributed by atoms with van der Waals surface area (Å²) in [5.41, 5.74) is 2.82. The molecule has 2 aromatic carbocycles. The van der Waals surface area contributed by atoms with Crippen LogP contribution in [0.15, 0.2) is 59.7 Å². The molecule has 2 amide bonds. The van der Waals surface area contributed by atoms with Crippen molar-refractivity contribution >= 4 is 34.5 Å². The Kier molecular flexibility index (Phi) is 2.53. The van der Waals surface area contributed by atoms with Crippen LogP contribution in [0.1, 0.15) is 26.3 Å². The van der Waals surface area contributed by atoms with Gasteiger partial charge in [-0.15, -0.1) is 0 Å². The van der Waals surface area contributed by atoms with Crippen LogP contribution < -0.4 is 4.90 Å². The second-order valence-corrected chi connectivity index (χ2v) is 5.03. The molecule has 0 bridgehead atoms. The van der Waals surface area contributed by atoms with Gasteiger partial charge < -0.3 is 4.42 Å². The number of fused-ring (bicyclic) bond motifs is 2. The van der Waals surface area contributed by atoms with Gasteiger partial charge in [-0.25, -0.2) is 4.90 Å². The maximum atomic E-state index is 12.6. The zero-order valence-electron chi connectivity index (χ0n) is 11.6. The van der Waals surface area contributed by atoms with Crippen molar-refractivity contribution in [2.45, 2.75) is 0 Å². The lowest BCUT2D eigenvalue weighted by molar-refractivity contribution is 0.0926. The zero-order valence-corrected chi connectivity index (χ0v) is 11.6. The summed E-state index contributed by atoms with van der Waals surface area (Å²) in [6.07, 6.45) is 3.22. The van der Waals surface area contributed by atoms with E-state index in [9.17, 15) is 9.59 Å². The van der Waals surface area contributed by atoms with Crippen LogP contribution in [0.3, 0.4) is 0 Å². The number of imide groups is 1. The molecule has 0 saturated carbocycles. The van der Waals surface area contributed by atoms with Gasteiger partial charge in [-0.1, -0.05) is 24.8 Å². The molecule has 1 aliphatic rings. The molecule has 0 fully saturated rings. The van der Waals surface area contributed by atoms with E-state index in [2.05, 4.69) is 6.58 Å². The number of nitrogens with zero attached hydrogens (tertiary/aromatic N) is 1. The van der Waals surface area contributed by atoms with E-state index in [-0.39, 0.29) is 11.8 Å². The monoisotopic (exact) mass is 289 g/mol. The molecule has 4 rings (SSSR count). The number of furan rings is 1. The number of hydrogen-bond acceptors (Lipinski definition) is 3. The summed E-state index contributed by atoms with van der Waals surface area (Å²) in [5, 5.41) is 0.715. The van der Waals surface area contributed by atoms with Gasteiger partial charge in [-0.3, -0.25) is 9.59 Å². The van der Waals surface area contributed by atoms with Crippen LogP contribution >= 0.6 is 0 Å². The van der Waals surface area contributed by atoms with Crippen LogP contribution in [0.25, 0.3) is 17.0 Å². The van der Waals surface area contributed by atoms with Gasteiger partial charge in [0.2, 0.25) is 0 Å². The Labute approximate surface area is 126 Å². The number of carbonyl (C=O) groups is 2. The Morgan fingerprint density at radius 1 is 0.955 bits per heavy atom. The van der Waals surface area contributed by atoms with E-state index in [1.807, 2.05) is 0 Å². The number of carbonyl (C=O) groups excluding carboxylic acids is 2. The fourth-order valence-corrected chi connectivity index (χ4v) is 2.83. The van der Waals surface area contributed by atoms with Crippen molar-refractivity contribution in [1.29, 1.82) is 0 Å². The molecule has 0 aliphatic carbocycles. The fraction of sp³-hybridized carbons (Fsp3) is 0. The molecule has 3 aromatic rings. The Morgan fingerprint density at radius 3 is 2.27 bits per heavy atom. The maximum Gasteiger partial charge on any atom is 0.266 e. The highest BCUT2D eigenvalue weighted by Crippen LogP contribution is 2.35. The predicted molar refractivity (Wildman–Crippen MR) is 83.9 cm³/mol. The average molecular weight is 289 g/mol. The predicted octanol–water partition coefficient (Wildman–Crippen LogP) is 3.88. The van der Waals surface area contributed by atoms with E-state index in [0.717, 1.165) is 5.56 Å². The molecule has 22 heavy (non-hydrogen) atoms. The van der Waals surface area contributed by atoms with Crippen LogP contribution in [0.2, 0.25) is 0 Å². The number of benzene rings is 2. The molecule has 4 nitrogen and oxygen atoms in total.